The van der Waals surface area contributed by atoms with Crippen LogP contribution < -0.4 is 0 Å². The van der Waals surface area contributed by atoms with Crippen LogP contribution in [0.1, 0.15) is 22.8 Å². The Morgan fingerprint density at radius 1 is 1.29 bits per heavy atom. The van der Waals surface area contributed by atoms with Crippen LogP contribution in [0.25, 0.3) is 0 Å². The largest absolute Gasteiger partial charge is 0.292 e. The van der Waals surface area contributed by atoms with Crippen LogP contribution in [0.4, 0.5) is 8.78 Å². The third-order valence-electron chi connectivity index (χ3n) is 2.54. The Kier molecular flexibility index (Phi) is 3.66. The van der Waals surface area contributed by atoms with Crippen LogP contribution in [0.2, 0.25) is 0 Å². The van der Waals surface area contributed by atoms with Gasteiger partial charge in [-0.05, 0) is 25.5 Å². The summed E-state index contributed by atoms with van der Waals surface area (Å²) in [7, 11) is -3.68. The molecule has 0 saturated carbocycles. The van der Waals surface area contributed by atoms with Gasteiger partial charge in [0.2, 0.25) is 0 Å². The summed E-state index contributed by atoms with van der Waals surface area (Å²) in [6, 6.07) is 2.13. The Balaban J connectivity index is 3.36. The van der Waals surface area contributed by atoms with Crippen molar-refractivity contribution in [1.29, 1.82) is 0 Å². The van der Waals surface area contributed by atoms with Gasteiger partial charge in [-0.3, -0.25) is 4.79 Å². The standard InChI is InChI=1S/C11H12F2O3S/c1-6-4-5-8(12)9(10(6)13)11(14)7(2)17(3,15)16/h4-5,7H,1-3H3. The monoisotopic (exact) mass is 262 g/mol. The summed E-state index contributed by atoms with van der Waals surface area (Å²) in [5, 5.41) is -1.46. The molecule has 0 saturated heterocycles. The van der Waals surface area contributed by atoms with Crippen LogP contribution in [-0.4, -0.2) is 25.7 Å². The van der Waals surface area contributed by atoms with Crippen molar-refractivity contribution < 1.29 is 22.0 Å². The van der Waals surface area contributed by atoms with E-state index in [4.69, 9.17) is 0 Å². The topological polar surface area (TPSA) is 51.2 Å². The maximum Gasteiger partial charge on any atom is 0.186 e. The molecule has 0 fully saturated rings. The Morgan fingerprint density at radius 3 is 2.29 bits per heavy atom. The van der Waals surface area contributed by atoms with Gasteiger partial charge in [0, 0.05) is 6.26 Å². The summed E-state index contributed by atoms with van der Waals surface area (Å²) in [5.74, 6) is -3.12. The number of Topliss-reactive ketones (excluding diaryl/α,β-unsaturated/α-hetero) is 1. The number of carbonyl (C=O) groups is 1. The van der Waals surface area contributed by atoms with E-state index in [0.717, 1.165) is 19.2 Å². The molecule has 0 aliphatic rings. The SMILES string of the molecule is Cc1ccc(F)c(C(=O)C(C)S(C)(=O)=O)c1F. The second-order valence-corrected chi connectivity index (χ2v) is 6.26. The van der Waals surface area contributed by atoms with Crippen LogP contribution in [0, 0.1) is 18.6 Å². The zero-order valence-corrected chi connectivity index (χ0v) is 10.4. The highest BCUT2D eigenvalue weighted by Gasteiger charge is 2.29. The highest BCUT2D eigenvalue weighted by molar-refractivity contribution is 7.92. The first-order valence-corrected chi connectivity index (χ1v) is 6.79. The first-order chi connectivity index (χ1) is 7.66. The molecule has 0 amide bonds. The number of hydrogen-bond donors (Lipinski definition) is 0. The van der Waals surface area contributed by atoms with Crippen molar-refractivity contribution in [2.75, 3.05) is 6.26 Å². The fraction of sp³-hybridized carbons (Fsp3) is 0.364. The van der Waals surface area contributed by atoms with Crippen LogP contribution in [0.15, 0.2) is 12.1 Å². The Morgan fingerprint density at radius 2 is 1.82 bits per heavy atom. The lowest BCUT2D eigenvalue weighted by atomic mass is 10.0. The zero-order valence-electron chi connectivity index (χ0n) is 9.62. The fourth-order valence-corrected chi connectivity index (χ4v) is 1.79. The molecule has 3 nitrogen and oxygen atoms in total. The van der Waals surface area contributed by atoms with Gasteiger partial charge in [-0.25, -0.2) is 17.2 Å². The molecule has 0 N–H and O–H groups in total. The lowest BCUT2D eigenvalue weighted by Gasteiger charge is -2.11. The van der Waals surface area contributed by atoms with E-state index in [9.17, 15) is 22.0 Å². The van der Waals surface area contributed by atoms with E-state index < -0.39 is 38.1 Å². The van der Waals surface area contributed by atoms with Crippen LogP contribution >= 0.6 is 0 Å². The third-order valence-corrected chi connectivity index (χ3v) is 4.04. The molecule has 0 spiro atoms. The quantitative estimate of drug-likeness (QED) is 0.782. The molecule has 0 radical (unpaired) electrons. The maximum atomic E-state index is 13.6. The maximum absolute atomic E-state index is 13.6. The molecule has 94 valence electrons. The normalized spacial score (nSPS) is 13.5. The molecule has 1 unspecified atom stereocenters. The zero-order chi connectivity index (χ0) is 13.4. The predicted molar refractivity (Wildman–Crippen MR) is 59.7 cm³/mol. The molecule has 0 heterocycles. The highest BCUT2D eigenvalue weighted by atomic mass is 32.2. The van der Waals surface area contributed by atoms with Crippen molar-refractivity contribution in [2.24, 2.45) is 0 Å². The summed E-state index contributed by atoms with van der Waals surface area (Å²) in [4.78, 5) is 11.7. The molecule has 0 aliphatic carbocycles. The second-order valence-electron chi connectivity index (χ2n) is 3.89. The number of halogens is 2. The molecule has 0 bridgehead atoms. The first-order valence-electron chi connectivity index (χ1n) is 4.84. The summed E-state index contributed by atoms with van der Waals surface area (Å²) in [6.45, 7) is 2.48. The van der Waals surface area contributed by atoms with E-state index in [1.165, 1.54) is 13.0 Å². The highest BCUT2D eigenvalue weighted by Crippen LogP contribution is 2.19. The van der Waals surface area contributed by atoms with E-state index in [-0.39, 0.29) is 5.56 Å². The van der Waals surface area contributed by atoms with E-state index >= 15 is 0 Å². The van der Waals surface area contributed by atoms with Gasteiger partial charge in [0.25, 0.3) is 0 Å². The molecular formula is C11H12F2O3S. The molecular weight excluding hydrogens is 250 g/mol. The van der Waals surface area contributed by atoms with Gasteiger partial charge < -0.3 is 0 Å². The van der Waals surface area contributed by atoms with Gasteiger partial charge in [0.05, 0.1) is 5.56 Å². The number of benzene rings is 1. The summed E-state index contributed by atoms with van der Waals surface area (Å²) in [5.41, 5.74) is -0.696. The second kappa shape index (κ2) is 4.52. The van der Waals surface area contributed by atoms with Crippen molar-refractivity contribution in [1.82, 2.24) is 0 Å². The van der Waals surface area contributed by atoms with E-state index in [0.29, 0.717) is 0 Å². The number of carbonyl (C=O) groups excluding carboxylic acids is 1. The van der Waals surface area contributed by atoms with Gasteiger partial charge in [-0.15, -0.1) is 0 Å². The Hall–Kier alpha value is -1.30. The molecule has 17 heavy (non-hydrogen) atoms. The third kappa shape index (κ3) is 2.69. The van der Waals surface area contributed by atoms with E-state index in [1.807, 2.05) is 0 Å². The number of aryl methyl sites for hydroxylation is 1. The molecule has 1 aromatic carbocycles. The molecule has 1 atom stereocenters. The molecule has 0 aromatic heterocycles. The minimum absolute atomic E-state index is 0.0930. The molecule has 1 rings (SSSR count). The van der Waals surface area contributed by atoms with Gasteiger partial charge in [-0.1, -0.05) is 6.07 Å². The van der Waals surface area contributed by atoms with Crippen molar-refractivity contribution in [2.45, 2.75) is 19.1 Å². The van der Waals surface area contributed by atoms with Crippen molar-refractivity contribution in [3.8, 4) is 0 Å². The van der Waals surface area contributed by atoms with Crippen molar-refractivity contribution >= 4 is 15.6 Å². The molecule has 1 aromatic rings. The number of rotatable bonds is 3. The van der Waals surface area contributed by atoms with Crippen LogP contribution in [-0.2, 0) is 9.84 Å². The lowest BCUT2D eigenvalue weighted by molar-refractivity contribution is 0.0983. The molecule has 6 heteroatoms. The predicted octanol–water partition coefficient (Wildman–Crippen LogP) is 1.89. The van der Waals surface area contributed by atoms with E-state index in [2.05, 4.69) is 0 Å². The minimum Gasteiger partial charge on any atom is -0.292 e. The lowest BCUT2D eigenvalue weighted by Crippen LogP contribution is -2.28. The van der Waals surface area contributed by atoms with Gasteiger partial charge in [0.1, 0.15) is 16.9 Å². The number of hydrogen-bond acceptors (Lipinski definition) is 3. The van der Waals surface area contributed by atoms with Crippen molar-refractivity contribution in [3.05, 3.63) is 34.9 Å². The minimum atomic E-state index is -3.68. The van der Waals surface area contributed by atoms with Gasteiger partial charge >= 0.3 is 0 Å². The average molecular weight is 262 g/mol. The van der Waals surface area contributed by atoms with Crippen molar-refractivity contribution in [3.63, 3.8) is 0 Å². The first kappa shape index (κ1) is 13.8. The fourth-order valence-electron chi connectivity index (χ4n) is 1.28. The average Bonchev–Trinajstić information content (AvgIpc) is 2.21. The summed E-state index contributed by atoms with van der Waals surface area (Å²) < 4.78 is 49.4. The van der Waals surface area contributed by atoms with Gasteiger partial charge in [-0.2, -0.15) is 0 Å². The summed E-state index contributed by atoms with van der Waals surface area (Å²) >= 11 is 0. The smallest absolute Gasteiger partial charge is 0.186 e. The van der Waals surface area contributed by atoms with E-state index in [1.54, 1.807) is 0 Å². The number of sulfone groups is 1. The Labute approximate surface area is 98.4 Å². The van der Waals surface area contributed by atoms with Gasteiger partial charge in [0.15, 0.2) is 15.6 Å². The number of ketones is 1. The van der Waals surface area contributed by atoms with Crippen LogP contribution in [0.5, 0.6) is 0 Å². The Bertz CT molecular complexity index is 564. The summed E-state index contributed by atoms with van der Waals surface area (Å²) in [6.07, 6.45) is 0.848. The molecule has 0 aliphatic heterocycles. The van der Waals surface area contributed by atoms with Crippen LogP contribution in [0.3, 0.4) is 0 Å².